The molecule has 1 aliphatic heterocycles. The molecule has 3 atom stereocenters. The molecule has 0 fully saturated rings. The summed E-state index contributed by atoms with van der Waals surface area (Å²) >= 11 is 0. The van der Waals surface area contributed by atoms with E-state index in [9.17, 15) is 19.7 Å². The normalized spacial score (nSPS) is 20.5. The predicted octanol–water partition coefficient (Wildman–Crippen LogP) is 1.96. The number of esters is 1. The summed E-state index contributed by atoms with van der Waals surface area (Å²) in [4.78, 5) is 35.6. The average Bonchev–Trinajstić information content (AvgIpc) is 2.82. The molecule has 0 saturated heterocycles. The molecule has 1 N–H and O–H groups in total. The van der Waals surface area contributed by atoms with Crippen LogP contribution in [0.2, 0.25) is 0 Å². The van der Waals surface area contributed by atoms with E-state index in [4.69, 9.17) is 4.74 Å². The first kappa shape index (κ1) is 15.9. The highest BCUT2D eigenvalue weighted by molar-refractivity contribution is 6.06. The van der Waals surface area contributed by atoms with Gasteiger partial charge in [-0.2, -0.15) is 0 Å². The van der Waals surface area contributed by atoms with Crippen molar-refractivity contribution in [1.82, 2.24) is 0 Å². The lowest BCUT2D eigenvalue weighted by Crippen LogP contribution is -2.49. The van der Waals surface area contributed by atoms with E-state index in [0.717, 1.165) is 0 Å². The molecule has 0 spiro atoms. The Bertz CT molecular complexity index is 630. The van der Waals surface area contributed by atoms with Crippen LogP contribution in [0, 0.1) is 15.5 Å². The van der Waals surface area contributed by atoms with Crippen molar-refractivity contribution in [2.45, 2.75) is 32.7 Å². The van der Waals surface area contributed by atoms with Crippen LogP contribution in [0.15, 0.2) is 24.3 Å². The van der Waals surface area contributed by atoms with Crippen molar-refractivity contribution in [2.75, 3.05) is 11.9 Å². The van der Waals surface area contributed by atoms with Gasteiger partial charge in [0, 0.05) is 17.5 Å². The SMILES string of the molecule is CCOC(=O)[C@](C)(C1C(=O)Nc2ccccc21)[C@H](C)[N+](=O)[O-]. The summed E-state index contributed by atoms with van der Waals surface area (Å²) in [6, 6.07) is 5.61. The molecule has 1 aromatic rings. The Hall–Kier alpha value is -2.44. The number of hydrogen-bond acceptors (Lipinski definition) is 5. The molecule has 0 aromatic heterocycles. The fourth-order valence-corrected chi connectivity index (χ4v) is 2.84. The molecule has 1 aliphatic rings. The molecule has 7 nitrogen and oxygen atoms in total. The molecule has 1 unspecified atom stereocenters. The van der Waals surface area contributed by atoms with Crippen molar-refractivity contribution in [3.63, 3.8) is 0 Å². The summed E-state index contributed by atoms with van der Waals surface area (Å²) in [5.41, 5.74) is -0.434. The molecule has 1 aromatic carbocycles. The summed E-state index contributed by atoms with van der Waals surface area (Å²) in [6.45, 7) is 4.46. The number of fused-ring (bicyclic) bond motifs is 1. The second kappa shape index (κ2) is 5.75. The van der Waals surface area contributed by atoms with Crippen LogP contribution in [0.1, 0.15) is 32.3 Å². The van der Waals surface area contributed by atoms with E-state index in [1.165, 1.54) is 13.8 Å². The van der Waals surface area contributed by atoms with Gasteiger partial charge in [-0.3, -0.25) is 19.7 Å². The Labute approximate surface area is 127 Å². The van der Waals surface area contributed by atoms with E-state index >= 15 is 0 Å². The highest BCUT2D eigenvalue weighted by Gasteiger charge is 2.58. The molecule has 118 valence electrons. The maximum absolute atomic E-state index is 12.4. The number of ether oxygens (including phenoxy) is 1. The zero-order valence-electron chi connectivity index (χ0n) is 12.7. The Kier molecular flexibility index (Phi) is 4.16. The summed E-state index contributed by atoms with van der Waals surface area (Å²) in [5, 5.41) is 14.0. The highest BCUT2D eigenvalue weighted by Crippen LogP contribution is 2.47. The summed E-state index contributed by atoms with van der Waals surface area (Å²) in [5.74, 6) is -2.12. The summed E-state index contributed by atoms with van der Waals surface area (Å²) in [7, 11) is 0. The van der Waals surface area contributed by atoms with Crippen molar-refractivity contribution in [1.29, 1.82) is 0 Å². The number of nitrogens with one attached hydrogen (secondary N) is 1. The summed E-state index contributed by atoms with van der Waals surface area (Å²) < 4.78 is 5.03. The van der Waals surface area contributed by atoms with Crippen molar-refractivity contribution >= 4 is 17.6 Å². The molecular weight excluding hydrogens is 288 g/mol. The zero-order chi connectivity index (χ0) is 16.5. The van der Waals surface area contributed by atoms with E-state index < -0.39 is 34.2 Å². The van der Waals surface area contributed by atoms with Gasteiger partial charge in [0.05, 0.1) is 12.5 Å². The standard InChI is InChI=1S/C15H18N2O5/c1-4-22-14(19)15(3,9(2)17(20)21)12-10-7-5-6-8-11(10)16-13(12)18/h5-9,12H,4H2,1-3H3,(H,16,18)/t9-,12?,15-/m0/s1. The van der Waals surface area contributed by atoms with E-state index in [2.05, 4.69) is 5.32 Å². The van der Waals surface area contributed by atoms with Crippen molar-refractivity contribution in [3.05, 3.63) is 39.9 Å². The van der Waals surface area contributed by atoms with Crippen LogP contribution in [0.25, 0.3) is 0 Å². The van der Waals surface area contributed by atoms with Crippen LogP contribution < -0.4 is 5.32 Å². The van der Waals surface area contributed by atoms with Gasteiger partial charge >= 0.3 is 5.97 Å². The number of carbonyl (C=O) groups is 2. The monoisotopic (exact) mass is 306 g/mol. The number of hydrogen-bond donors (Lipinski definition) is 1. The largest absolute Gasteiger partial charge is 0.465 e. The Morgan fingerprint density at radius 3 is 2.73 bits per heavy atom. The number of anilines is 1. The highest BCUT2D eigenvalue weighted by atomic mass is 16.6. The molecule has 0 aliphatic carbocycles. The van der Waals surface area contributed by atoms with Crippen LogP contribution in [0.4, 0.5) is 5.69 Å². The third-order valence-electron chi connectivity index (χ3n) is 4.29. The number of nitrogens with zero attached hydrogens (tertiary/aromatic N) is 1. The van der Waals surface area contributed by atoms with E-state index in [1.807, 2.05) is 0 Å². The maximum Gasteiger partial charge on any atom is 0.319 e. The Morgan fingerprint density at radius 1 is 1.50 bits per heavy atom. The van der Waals surface area contributed by atoms with Crippen LogP contribution in [0.3, 0.4) is 0 Å². The van der Waals surface area contributed by atoms with Crippen LogP contribution in [0.5, 0.6) is 0 Å². The van der Waals surface area contributed by atoms with Crippen LogP contribution in [-0.2, 0) is 14.3 Å². The van der Waals surface area contributed by atoms with Crippen molar-refractivity contribution < 1.29 is 19.2 Å². The smallest absolute Gasteiger partial charge is 0.319 e. The number of nitro groups is 1. The molecule has 1 amide bonds. The topological polar surface area (TPSA) is 98.5 Å². The lowest BCUT2D eigenvalue weighted by atomic mass is 9.69. The van der Waals surface area contributed by atoms with Gasteiger partial charge in [0.25, 0.3) is 0 Å². The lowest BCUT2D eigenvalue weighted by Gasteiger charge is -2.32. The number of rotatable bonds is 5. The maximum atomic E-state index is 12.4. The minimum atomic E-state index is -1.59. The fourth-order valence-electron chi connectivity index (χ4n) is 2.84. The Balaban J connectivity index is 2.57. The molecule has 7 heteroatoms. The van der Waals surface area contributed by atoms with Gasteiger partial charge in [-0.05, 0) is 25.5 Å². The number of amides is 1. The first-order valence-electron chi connectivity index (χ1n) is 7.04. The van der Waals surface area contributed by atoms with Crippen molar-refractivity contribution in [2.24, 2.45) is 5.41 Å². The second-order valence-corrected chi connectivity index (χ2v) is 5.47. The molecule has 0 bridgehead atoms. The quantitative estimate of drug-likeness (QED) is 0.509. The second-order valence-electron chi connectivity index (χ2n) is 5.47. The molecule has 1 heterocycles. The van der Waals surface area contributed by atoms with E-state index in [-0.39, 0.29) is 6.61 Å². The van der Waals surface area contributed by atoms with Gasteiger partial charge in [0.15, 0.2) is 0 Å². The number of para-hydroxylation sites is 1. The number of benzene rings is 1. The average molecular weight is 306 g/mol. The molecular formula is C15H18N2O5. The first-order chi connectivity index (χ1) is 10.3. The van der Waals surface area contributed by atoms with Gasteiger partial charge < -0.3 is 10.1 Å². The van der Waals surface area contributed by atoms with Gasteiger partial charge in [0.2, 0.25) is 11.9 Å². The van der Waals surface area contributed by atoms with Crippen molar-refractivity contribution in [3.8, 4) is 0 Å². The third kappa shape index (κ3) is 2.32. The van der Waals surface area contributed by atoms with Crippen LogP contribution in [-0.4, -0.2) is 29.4 Å². The molecule has 0 radical (unpaired) electrons. The first-order valence-corrected chi connectivity index (χ1v) is 7.04. The predicted molar refractivity (Wildman–Crippen MR) is 79.0 cm³/mol. The minimum Gasteiger partial charge on any atom is -0.465 e. The third-order valence-corrected chi connectivity index (χ3v) is 4.29. The molecule has 22 heavy (non-hydrogen) atoms. The number of carbonyl (C=O) groups excluding carboxylic acids is 2. The fraction of sp³-hybridized carbons (Fsp3) is 0.467. The van der Waals surface area contributed by atoms with Gasteiger partial charge in [-0.15, -0.1) is 0 Å². The van der Waals surface area contributed by atoms with Crippen LogP contribution >= 0.6 is 0 Å². The molecule has 0 saturated carbocycles. The summed E-state index contributed by atoms with van der Waals surface area (Å²) in [6.07, 6.45) is 0. The van der Waals surface area contributed by atoms with Gasteiger partial charge in [0.1, 0.15) is 5.41 Å². The lowest BCUT2D eigenvalue weighted by molar-refractivity contribution is -0.534. The van der Waals surface area contributed by atoms with E-state index in [0.29, 0.717) is 11.3 Å². The van der Waals surface area contributed by atoms with E-state index in [1.54, 1.807) is 31.2 Å². The Morgan fingerprint density at radius 2 is 2.14 bits per heavy atom. The zero-order valence-corrected chi connectivity index (χ0v) is 12.7. The minimum absolute atomic E-state index is 0.0921. The van der Waals surface area contributed by atoms with Gasteiger partial charge in [-0.25, -0.2) is 0 Å². The molecule has 2 rings (SSSR count). The van der Waals surface area contributed by atoms with Gasteiger partial charge in [-0.1, -0.05) is 18.2 Å².